The second-order valence-corrected chi connectivity index (χ2v) is 6.09. The van der Waals surface area contributed by atoms with E-state index in [1.807, 2.05) is 13.0 Å². The molecular weight excluding hydrogens is 294 g/mol. The van der Waals surface area contributed by atoms with Crippen molar-refractivity contribution in [3.8, 4) is 0 Å². The first kappa shape index (κ1) is 15.3. The Hall–Kier alpha value is -2.57. The van der Waals surface area contributed by atoms with Crippen molar-refractivity contribution in [2.45, 2.75) is 44.7 Å². The van der Waals surface area contributed by atoms with Gasteiger partial charge in [0.25, 0.3) is 0 Å². The number of para-hydroxylation sites is 1. The third kappa shape index (κ3) is 2.52. The van der Waals surface area contributed by atoms with E-state index in [2.05, 4.69) is 9.98 Å². The Morgan fingerprint density at radius 2 is 1.96 bits per heavy atom. The van der Waals surface area contributed by atoms with E-state index in [9.17, 15) is 9.90 Å². The molecule has 23 heavy (non-hydrogen) atoms. The Morgan fingerprint density at radius 1 is 1.26 bits per heavy atom. The van der Waals surface area contributed by atoms with Crippen LogP contribution in [0.15, 0.2) is 28.2 Å². The maximum absolute atomic E-state index is 11.7. The molecule has 1 aromatic rings. The molecule has 1 saturated carbocycles. The van der Waals surface area contributed by atoms with Gasteiger partial charge in [0.1, 0.15) is 5.66 Å². The van der Waals surface area contributed by atoms with E-state index in [1.165, 1.54) is 0 Å². The van der Waals surface area contributed by atoms with E-state index in [4.69, 9.17) is 11.5 Å². The molecule has 1 heterocycles. The topological polar surface area (TPSA) is 117 Å². The molecule has 1 spiro atoms. The fourth-order valence-corrected chi connectivity index (χ4v) is 3.57. The van der Waals surface area contributed by atoms with Gasteiger partial charge in [-0.3, -0.25) is 4.90 Å². The predicted octanol–water partition coefficient (Wildman–Crippen LogP) is 1.80. The van der Waals surface area contributed by atoms with Crippen LogP contribution in [0.4, 0.5) is 5.69 Å². The molecule has 1 fully saturated rings. The smallest absolute Gasteiger partial charge is 0.337 e. The van der Waals surface area contributed by atoms with Gasteiger partial charge in [-0.1, -0.05) is 18.6 Å². The normalized spacial score (nSPS) is 20.1. The molecule has 0 saturated heterocycles. The summed E-state index contributed by atoms with van der Waals surface area (Å²) in [7, 11) is 0. The first-order chi connectivity index (χ1) is 10.9. The largest absolute Gasteiger partial charge is 0.478 e. The SMILES string of the molecule is Cc1cccc(C(=O)O)c1N1C(N)=NC(N)=NC12CCCCC2. The van der Waals surface area contributed by atoms with Crippen molar-refractivity contribution in [1.82, 2.24) is 0 Å². The van der Waals surface area contributed by atoms with Gasteiger partial charge in [-0.15, -0.1) is 0 Å². The molecule has 0 bridgehead atoms. The maximum Gasteiger partial charge on any atom is 0.337 e. The van der Waals surface area contributed by atoms with E-state index in [0.717, 1.165) is 37.7 Å². The minimum atomic E-state index is -0.995. The van der Waals surface area contributed by atoms with E-state index < -0.39 is 11.6 Å². The van der Waals surface area contributed by atoms with Gasteiger partial charge in [0.05, 0.1) is 11.3 Å². The molecule has 0 atom stereocenters. The number of guanidine groups is 2. The van der Waals surface area contributed by atoms with Gasteiger partial charge in [0, 0.05) is 0 Å². The fraction of sp³-hybridized carbons (Fsp3) is 0.438. The Labute approximate surface area is 134 Å². The fourth-order valence-electron chi connectivity index (χ4n) is 3.57. The van der Waals surface area contributed by atoms with Crippen LogP contribution in [-0.2, 0) is 0 Å². The minimum absolute atomic E-state index is 0.158. The zero-order chi connectivity index (χ0) is 16.6. The lowest BCUT2D eigenvalue weighted by molar-refractivity contribution is 0.0697. The van der Waals surface area contributed by atoms with Crippen molar-refractivity contribution in [3.63, 3.8) is 0 Å². The van der Waals surface area contributed by atoms with Crippen molar-refractivity contribution in [2.75, 3.05) is 4.90 Å². The van der Waals surface area contributed by atoms with E-state index in [-0.39, 0.29) is 17.5 Å². The number of anilines is 1. The average Bonchev–Trinajstić information content (AvgIpc) is 2.48. The molecule has 1 aliphatic carbocycles. The van der Waals surface area contributed by atoms with E-state index in [0.29, 0.717) is 5.69 Å². The molecule has 7 nitrogen and oxygen atoms in total. The highest BCUT2D eigenvalue weighted by Gasteiger charge is 2.44. The Morgan fingerprint density at radius 3 is 2.61 bits per heavy atom. The summed E-state index contributed by atoms with van der Waals surface area (Å²) in [6.45, 7) is 1.87. The molecule has 7 heteroatoms. The predicted molar refractivity (Wildman–Crippen MR) is 89.7 cm³/mol. The second-order valence-electron chi connectivity index (χ2n) is 6.09. The van der Waals surface area contributed by atoms with Crippen molar-refractivity contribution in [3.05, 3.63) is 29.3 Å². The maximum atomic E-state index is 11.7. The average molecular weight is 315 g/mol. The van der Waals surface area contributed by atoms with Gasteiger partial charge in [0.15, 0.2) is 0 Å². The Kier molecular flexibility index (Phi) is 3.71. The Balaban J connectivity index is 2.21. The highest BCUT2D eigenvalue weighted by atomic mass is 16.4. The zero-order valence-electron chi connectivity index (χ0n) is 13.1. The number of carboxylic acid groups (broad SMARTS) is 1. The molecule has 0 unspecified atom stereocenters. The molecule has 0 amide bonds. The van der Waals surface area contributed by atoms with Crippen molar-refractivity contribution < 1.29 is 9.90 Å². The number of aromatic carboxylic acids is 1. The summed E-state index contributed by atoms with van der Waals surface area (Å²) in [5.41, 5.74) is 13.0. The molecular formula is C16H21N5O2. The van der Waals surface area contributed by atoms with Crippen molar-refractivity contribution in [1.29, 1.82) is 0 Å². The molecule has 2 aliphatic rings. The van der Waals surface area contributed by atoms with E-state index in [1.54, 1.807) is 17.0 Å². The van der Waals surface area contributed by atoms with Gasteiger partial charge in [-0.05, 0) is 44.2 Å². The van der Waals surface area contributed by atoms with Gasteiger partial charge >= 0.3 is 5.97 Å². The standard InChI is InChI=1S/C16H21N5O2/c1-10-6-5-7-11(13(22)23)12(10)21-15(18)19-14(17)20-16(21)8-3-2-4-9-16/h5-7H,2-4,8-9H2,1H3,(H,22,23)(H4,17,18,19,20). The number of nitrogens with two attached hydrogens (primary N) is 2. The number of rotatable bonds is 2. The van der Waals surface area contributed by atoms with Crippen LogP contribution in [0.2, 0.25) is 0 Å². The first-order valence-corrected chi connectivity index (χ1v) is 7.77. The van der Waals surface area contributed by atoms with Crippen molar-refractivity contribution in [2.24, 2.45) is 21.5 Å². The van der Waals surface area contributed by atoms with Crippen LogP contribution in [-0.4, -0.2) is 28.7 Å². The number of aryl methyl sites for hydroxylation is 1. The third-order valence-corrected chi connectivity index (χ3v) is 4.54. The summed E-state index contributed by atoms with van der Waals surface area (Å²) in [6.07, 6.45) is 4.67. The highest BCUT2D eigenvalue weighted by Crippen LogP contribution is 2.41. The summed E-state index contributed by atoms with van der Waals surface area (Å²) in [5.74, 6) is -0.632. The number of aliphatic imine (C=N–C) groups is 2. The number of nitrogens with zero attached hydrogens (tertiary/aromatic N) is 3. The quantitative estimate of drug-likeness (QED) is 0.769. The van der Waals surface area contributed by atoms with Gasteiger partial charge < -0.3 is 16.6 Å². The molecule has 122 valence electrons. The van der Waals surface area contributed by atoms with Gasteiger partial charge in [-0.25, -0.2) is 9.79 Å². The van der Waals surface area contributed by atoms with Crippen LogP contribution in [0, 0.1) is 6.92 Å². The lowest BCUT2D eigenvalue weighted by Gasteiger charge is -2.46. The molecule has 0 radical (unpaired) electrons. The third-order valence-electron chi connectivity index (χ3n) is 4.54. The number of hydrogen-bond acceptors (Lipinski definition) is 6. The monoisotopic (exact) mass is 315 g/mol. The number of hydrogen-bond donors (Lipinski definition) is 3. The van der Waals surface area contributed by atoms with Crippen molar-refractivity contribution >= 4 is 23.6 Å². The summed E-state index contributed by atoms with van der Waals surface area (Å²) in [5, 5.41) is 9.58. The lowest BCUT2D eigenvalue weighted by atomic mass is 9.86. The first-order valence-electron chi connectivity index (χ1n) is 7.77. The number of carboxylic acids is 1. The van der Waals surface area contributed by atoms with Gasteiger partial charge in [0.2, 0.25) is 11.9 Å². The minimum Gasteiger partial charge on any atom is -0.478 e. The van der Waals surface area contributed by atoms with Crippen LogP contribution in [0.25, 0.3) is 0 Å². The van der Waals surface area contributed by atoms with Crippen LogP contribution in [0.5, 0.6) is 0 Å². The van der Waals surface area contributed by atoms with Crippen LogP contribution >= 0.6 is 0 Å². The van der Waals surface area contributed by atoms with Gasteiger partial charge in [-0.2, -0.15) is 4.99 Å². The zero-order valence-corrected chi connectivity index (χ0v) is 13.1. The molecule has 0 aromatic heterocycles. The molecule has 1 aromatic carbocycles. The second kappa shape index (κ2) is 5.57. The summed E-state index contributed by atoms with van der Waals surface area (Å²) >= 11 is 0. The van der Waals surface area contributed by atoms with Crippen LogP contribution < -0.4 is 16.4 Å². The van der Waals surface area contributed by atoms with Crippen LogP contribution in [0.1, 0.15) is 48.0 Å². The summed E-state index contributed by atoms with van der Waals surface area (Å²) in [4.78, 5) is 22.1. The highest BCUT2D eigenvalue weighted by molar-refractivity contribution is 6.09. The summed E-state index contributed by atoms with van der Waals surface area (Å²) in [6, 6.07) is 5.17. The van der Waals surface area contributed by atoms with E-state index >= 15 is 0 Å². The lowest BCUT2D eigenvalue weighted by Crippen LogP contribution is -2.58. The number of benzene rings is 1. The molecule has 5 N–H and O–H groups in total. The molecule has 1 aliphatic heterocycles. The number of carbonyl (C=O) groups is 1. The summed E-state index contributed by atoms with van der Waals surface area (Å²) < 4.78 is 0. The van der Waals surface area contributed by atoms with Crippen LogP contribution in [0.3, 0.4) is 0 Å². The Bertz CT molecular complexity index is 704. The molecule has 3 rings (SSSR count).